The van der Waals surface area contributed by atoms with Crippen LogP contribution in [-0.4, -0.2) is 42.8 Å². The minimum atomic E-state index is -0.348. The molecule has 4 rings (SSSR count). The van der Waals surface area contributed by atoms with Crippen LogP contribution in [-0.2, 0) is 0 Å². The van der Waals surface area contributed by atoms with Crippen molar-refractivity contribution in [1.82, 2.24) is 4.90 Å². The van der Waals surface area contributed by atoms with Gasteiger partial charge in [-0.25, -0.2) is 0 Å². The van der Waals surface area contributed by atoms with Crippen LogP contribution in [0.3, 0.4) is 0 Å². The number of anilines is 1. The lowest BCUT2D eigenvalue weighted by atomic mass is 10.1. The Morgan fingerprint density at radius 1 is 0.935 bits per heavy atom. The number of halogens is 1. The summed E-state index contributed by atoms with van der Waals surface area (Å²) in [5.74, 6) is -0.348. The molecule has 0 aliphatic carbocycles. The van der Waals surface area contributed by atoms with Gasteiger partial charge >= 0.3 is 0 Å². The number of ether oxygens (including phenoxy) is 1. The number of benzene rings is 3. The Balaban J connectivity index is 1.64. The Bertz CT molecular complexity index is 1140. The van der Waals surface area contributed by atoms with Crippen molar-refractivity contribution >= 4 is 39.3 Å². The van der Waals surface area contributed by atoms with Crippen molar-refractivity contribution in [2.24, 2.45) is 0 Å². The Labute approximate surface area is 188 Å². The van der Waals surface area contributed by atoms with E-state index in [1.165, 1.54) is 4.90 Å². The fourth-order valence-electron chi connectivity index (χ4n) is 3.55. The summed E-state index contributed by atoms with van der Waals surface area (Å²) in [4.78, 5) is 41.6. The molecule has 6 nitrogen and oxygen atoms in total. The van der Waals surface area contributed by atoms with Gasteiger partial charge in [0.15, 0.2) is 0 Å². The molecule has 0 spiro atoms. The second-order valence-electron chi connectivity index (χ2n) is 6.95. The second-order valence-corrected chi connectivity index (χ2v) is 7.80. The van der Waals surface area contributed by atoms with Gasteiger partial charge < -0.3 is 9.64 Å². The number of methoxy groups -OCH3 is 1. The highest BCUT2D eigenvalue weighted by molar-refractivity contribution is 9.10. The maximum absolute atomic E-state index is 13.4. The molecule has 1 aliphatic rings. The zero-order valence-electron chi connectivity index (χ0n) is 16.7. The number of fused-ring (bicyclic) bond motifs is 1. The fourth-order valence-corrected chi connectivity index (χ4v) is 4.00. The predicted octanol–water partition coefficient (Wildman–Crippen LogP) is 4.40. The summed E-state index contributed by atoms with van der Waals surface area (Å²) in [6, 6.07) is 21.0. The highest BCUT2D eigenvalue weighted by atomic mass is 79.9. The normalized spacial score (nSPS) is 12.6. The lowest BCUT2D eigenvalue weighted by molar-refractivity contribution is 0.0654. The number of hydrogen-bond acceptors (Lipinski definition) is 4. The van der Waals surface area contributed by atoms with Crippen molar-refractivity contribution in [3.63, 3.8) is 0 Å². The quantitative estimate of drug-likeness (QED) is 0.492. The third-order valence-corrected chi connectivity index (χ3v) is 5.83. The molecule has 0 unspecified atom stereocenters. The number of amides is 3. The molecule has 3 aromatic rings. The van der Waals surface area contributed by atoms with Gasteiger partial charge in [-0.05, 0) is 52.3 Å². The van der Waals surface area contributed by atoms with Gasteiger partial charge in [-0.15, -0.1) is 0 Å². The number of imide groups is 1. The van der Waals surface area contributed by atoms with Crippen LogP contribution < -0.4 is 9.64 Å². The molecule has 0 radical (unpaired) electrons. The summed E-state index contributed by atoms with van der Waals surface area (Å²) in [5, 5.41) is 0. The van der Waals surface area contributed by atoms with Gasteiger partial charge in [0.1, 0.15) is 5.75 Å². The lowest BCUT2D eigenvalue weighted by Crippen LogP contribution is -2.41. The van der Waals surface area contributed by atoms with Crippen molar-refractivity contribution in [3.8, 4) is 5.75 Å². The average Bonchev–Trinajstić information content (AvgIpc) is 3.04. The van der Waals surface area contributed by atoms with Crippen molar-refractivity contribution in [3.05, 3.63) is 94.0 Å². The number of carbonyl (C=O) groups is 3. The molecule has 3 aromatic carbocycles. The van der Waals surface area contributed by atoms with Gasteiger partial charge in [0.2, 0.25) is 0 Å². The van der Waals surface area contributed by atoms with E-state index in [0.29, 0.717) is 32.6 Å². The van der Waals surface area contributed by atoms with E-state index in [1.54, 1.807) is 78.7 Å². The molecular formula is C24H19BrN2O4. The summed E-state index contributed by atoms with van der Waals surface area (Å²) >= 11 is 3.43. The first-order valence-electron chi connectivity index (χ1n) is 9.67. The van der Waals surface area contributed by atoms with Crippen LogP contribution in [0.1, 0.15) is 31.1 Å². The van der Waals surface area contributed by atoms with Crippen LogP contribution in [0.5, 0.6) is 5.75 Å². The lowest BCUT2D eigenvalue weighted by Gasteiger charge is -2.26. The summed E-state index contributed by atoms with van der Waals surface area (Å²) in [7, 11) is 1.55. The molecule has 0 fully saturated rings. The maximum Gasteiger partial charge on any atom is 0.261 e. The van der Waals surface area contributed by atoms with Gasteiger partial charge in [-0.3, -0.25) is 19.3 Å². The van der Waals surface area contributed by atoms with Crippen molar-refractivity contribution in [1.29, 1.82) is 0 Å². The molecule has 0 saturated heterocycles. The van der Waals surface area contributed by atoms with E-state index < -0.39 is 0 Å². The van der Waals surface area contributed by atoms with Gasteiger partial charge in [-0.2, -0.15) is 0 Å². The molecule has 7 heteroatoms. The first kappa shape index (κ1) is 20.8. The molecule has 3 amide bonds. The van der Waals surface area contributed by atoms with E-state index in [9.17, 15) is 14.4 Å². The van der Waals surface area contributed by atoms with E-state index >= 15 is 0 Å². The number of hydrogen-bond donors (Lipinski definition) is 0. The molecule has 156 valence electrons. The largest absolute Gasteiger partial charge is 0.497 e. The number of carbonyl (C=O) groups excluding carboxylic acids is 3. The van der Waals surface area contributed by atoms with Gasteiger partial charge in [0.05, 0.1) is 23.8 Å². The van der Waals surface area contributed by atoms with Crippen molar-refractivity contribution in [2.45, 2.75) is 0 Å². The Morgan fingerprint density at radius 3 is 2.23 bits per heavy atom. The first-order valence-corrected chi connectivity index (χ1v) is 10.5. The number of nitrogens with zero attached hydrogens (tertiary/aromatic N) is 2. The molecule has 0 N–H and O–H groups in total. The first-order chi connectivity index (χ1) is 15.0. The molecule has 0 aromatic heterocycles. The van der Waals surface area contributed by atoms with Gasteiger partial charge in [0, 0.05) is 29.3 Å². The van der Waals surface area contributed by atoms with Crippen LogP contribution in [0, 0.1) is 0 Å². The summed E-state index contributed by atoms with van der Waals surface area (Å²) in [6.45, 7) is 0.207. The molecule has 31 heavy (non-hydrogen) atoms. The molecule has 1 aliphatic heterocycles. The van der Waals surface area contributed by atoms with E-state index in [0.717, 1.165) is 0 Å². The van der Waals surface area contributed by atoms with Gasteiger partial charge in [-0.1, -0.05) is 30.3 Å². The molecule has 0 atom stereocenters. The monoisotopic (exact) mass is 478 g/mol. The average molecular weight is 479 g/mol. The molecule has 0 bridgehead atoms. The van der Waals surface area contributed by atoms with Crippen LogP contribution >= 0.6 is 15.9 Å². The van der Waals surface area contributed by atoms with Crippen LogP contribution in [0.15, 0.2) is 77.3 Å². The maximum atomic E-state index is 13.4. The van der Waals surface area contributed by atoms with E-state index in [1.807, 2.05) is 6.07 Å². The topological polar surface area (TPSA) is 66.9 Å². The second kappa shape index (κ2) is 8.73. The third-order valence-electron chi connectivity index (χ3n) is 5.14. The summed E-state index contributed by atoms with van der Waals surface area (Å²) in [6.07, 6.45) is 0. The van der Waals surface area contributed by atoms with Gasteiger partial charge in [0.25, 0.3) is 17.7 Å². The zero-order chi connectivity index (χ0) is 22.0. The standard InChI is InChI=1S/C24H19BrN2O4/c1-31-17-8-6-7-16(15-17)26(24(30)20-11-4-5-12-21(20)25)13-14-27-22(28)18-9-2-3-10-19(18)23(27)29/h2-12,15H,13-14H2,1H3. The zero-order valence-corrected chi connectivity index (χ0v) is 18.3. The number of rotatable bonds is 6. The summed E-state index contributed by atoms with van der Waals surface area (Å²) in [5.41, 5.74) is 1.86. The summed E-state index contributed by atoms with van der Waals surface area (Å²) < 4.78 is 5.96. The molecular weight excluding hydrogens is 460 g/mol. The predicted molar refractivity (Wildman–Crippen MR) is 121 cm³/mol. The van der Waals surface area contributed by atoms with E-state index in [2.05, 4.69) is 15.9 Å². The van der Waals surface area contributed by atoms with Crippen LogP contribution in [0.4, 0.5) is 5.69 Å². The highest BCUT2D eigenvalue weighted by Gasteiger charge is 2.35. The smallest absolute Gasteiger partial charge is 0.261 e. The highest BCUT2D eigenvalue weighted by Crippen LogP contribution is 2.27. The Morgan fingerprint density at radius 2 is 1.58 bits per heavy atom. The van der Waals surface area contributed by atoms with Crippen LogP contribution in [0.25, 0.3) is 0 Å². The minimum absolute atomic E-state index is 0.0692. The Hall–Kier alpha value is -3.45. The van der Waals surface area contributed by atoms with Crippen molar-refractivity contribution < 1.29 is 19.1 Å². The molecule has 0 saturated carbocycles. The van der Waals surface area contributed by atoms with E-state index in [-0.39, 0.29) is 30.8 Å². The van der Waals surface area contributed by atoms with E-state index in [4.69, 9.17) is 4.74 Å². The third kappa shape index (κ3) is 3.96. The van der Waals surface area contributed by atoms with Crippen LogP contribution in [0.2, 0.25) is 0 Å². The minimum Gasteiger partial charge on any atom is -0.497 e. The Kier molecular flexibility index (Phi) is 5.86. The fraction of sp³-hybridized carbons (Fsp3) is 0.125. The molecule has 1 heterocycles. The SMILES string of the molecule is COc1cccc(N(CCN2C(=O)c3ccccc3C2=O)C(=O)c2ccccc2Br)c1. The van der Waals surface area contributed by atoms with Crippen molar-refractivity contribution in [2.75, 3.05) is 25.1 Å².